The van der Waals surface area contributed by atoms with E-state index in [2.05, 4.69) is 10.3 Å². The second kappa shape index (κ2) is 10.3. The number of hydrogen-bond acceptors (Lipinski definition) is 6. The van der Waals surface area contributed by atoms with Gasteiger partial charge in [0.05, 0.1) is 36.0 Å². The fourth-order valence-electron chi connectivity index (χ4n) is 3.85. The van der Waals surface area contributed by atoms with Crippen LogP contribution < -0.4 is 5.32 Å². The number of benzene rings is 1. The topological polar surface area (TPSA) is 93.5 Å². The van der Waals surface area contributed by atoms with E-state index in [0.717, 1.165) is 27.1 Å². The van der Waals surface area contributed by atoms with Gasteiger partial charge in [-0.2, -0.15) is 4.31 Å². The van der Waals surface area contributed by atoms with Crippen molar-refractivity contribution in [2.75, 3.05) is 13.7 Å². The number of fused-ring (bicyclic) bond motifs is 1. The molecule has 10 heteroatoms. The number of imidazole rings is 1. The molecule has 1 N–H and O–H groups in total. The summed E-state index contributed by atoms with van der Waals surface area (Å²) in [5.74, 6) is 0.409. The molecule has 1 aromatic carbocycles. The number of likely N-dealkylation sites (N-methyl/N-ethyl adjacent to an activating group) is 1. The Morgan fingerprint density at radius 3 is 2.73 bits per heavy atom. The third-order valence-electron chi connectivity index (χ3n) is 5.62. The average Bonchev–Trinajstić information content (AvgIpc) is 3.07. The Hall–Kier alpha value is -2.36. The van der Waals surface area contributed by atoms with E-state index in [-0.39, 0.29) is 17.4 Å². The van der Waals surface area contributed by atoms with E-state index in [1.165, 1.54) is 19.2 Å². The highest BCUT2D eigenvalue weighted by molar-refractivity contribution is 7.89. The minimum atomic E-state index is -3.96. The van der Waals surface area contributed by atoms with Crippen LogP contribution in [0.1, 0.15) is 50.0 Å². The number of esters is 1. The predicted octanol–water partition coefficient (Wildman–Crippen LogP) is 3.57. The van der Waals surface area contributed by atoms with E-state index in [1.54, 1.807) is 13.0 Å². The van der Waals surface area contributed by atoms with Gasteiger partial charge in [-0.1, -0.05) is 31.5 Å². The Morgan fingerprint density at radius 1 is 1.36 bits per heavy atom. The number of halogens is 1. The number of aryl methyl sites for hydroxylation is 1. The van der Waals surface area contributed by atoms with Crippen LogP contribution in [0, 0.1) is 12.8 Å². The molecular formula is C23H31ClN4O4S. The number of nitrogens with one attached hydrogen (secondary N) is 1. The summed E-state index contributed by atoms with van der Waals surface area (Å²) in [6.45, 7) is 8.80. The van der Waals surface area contributed by atoms with Gasteiger partial charge >= 0.3 is 5.97 Å². The minimum Gasteiger partial charge on any atom is -0.465 e. The van der Waals surface area contributed by atoms with Crippen molar-refractivity contribution >= 4 is 33.7 Å². The number of nitrogens with zero attached hydrogens (tertiary/aromatic N) is 3. The first-order valence-electron chi connectivity index (χ1n) is 10.9. The molecule has 0 spiro atoms. The van der Waals surface area contributed by atoms with Gasteiger partial charge in [-0.25, -0.2) is 13.4 Å². The normalized spacial score (nSPS) is 14.3. The molecule has 3 rings (SSSR count). The molecule has 2 heterocycles. The van der Waals surface area contributed by atoms with Crippen LogP contribution >= 0.6 is 11.6 Å². The zero-order valence-electron chi connectivity index (χ0n) is 19.6. The molecule has 0 radical (unpaired) electrons. The van der Waals surface area contributed by atoms with Gasteiger partial charge in [0.1, 0.15) is 11.9 Å². The van der Waals surface area contributed by atoms with E-state index >= 15 is 0 Å². The number of rotatable bonds is 9. The lowest BCUT2D eigenvalue weighted by Crippen LogP contribution is -2.44. The summed E-state index contributed by atoms with van der Waals surface area (Å²) in [5, 5.41) is 3.48. The molecule has 8 nitrogen and oxygen atoms in total. The van der Waals surface area contributed by atoms with Crippen LogP contribution in [-0.4, -0.2) is 47.9 Å². The molecule has 2 aromatic rings. The van der Waals surface area contributed by atoms with Gasteiger partial charge in [-0.3, -0.25) is 4.79 Å². The molecule has 1 aliphatic rings. The Labute approximate surface area is 200 Å². The molecule has 1 aromatic heterocycles. The first-order valence-corrected chi connectivity index (χ1v) is 12.8. The third kappa shape index (κ3) is 5.42. The second-order valence-corrected chi connectivity index (χ2v) is 10.9. The molecule has 33 heavy (non-hydrogen) atoms. The summed E-state index contributed by atoms with van der Waals surface area (Å²) in [5.41, 5.74) is 2.74. The number of carbonyl (C=O) groups is 1. The fraction of sp³-hybridized carbons (Fsp3) is 0.478. The molecule has 0 saturated heterocycles. The van der Waals surface area contributed by atoms with E-state index in [9.17, 15) is 13.2 Å². The molecule has 0 saturated carbocycles. The van der Waals surface area contributed by atoms with Crippen LogP contribution in [0.3, 0.4) is 0 Å². The monoisotopic (exact) mass is 494 g/mol. The Balaban J connectivity index is 1.88. The predicted molar refractivity (Wildman–Crippen MR) is 128 cm³/mol. The summed E-state index contributed by atoms with van der Waals surface area (Å²) in [6, 6.07) is 3.77. The highest BCUT2D eigenvalue weighted by Crippen LogP contribution is 2.27. The summed E-state index contributed by atoms with van der Waals surface area (Å²) >= 11 is 6.53. The van der Waals surface area contributed by atoms with Crippen LogP contribution in [0.2, 0.25) is 5.02 Å². The molecule has 0 amide bonds. The Kier molecular flexibility index (Phi) is 7.87. The summed E-state index contributed by atoms with van der Waals surface area (Å²) in [4.78, 5) is 17.1. The largest absolute Gasteiger partial charge is 0.465 e. The minimum absolute atomic E-state index is 0.0327. The van der Waals surface area contributed by atoms with Gasteiger partial charge in [0.15, 0.2) is 0 Å². The number of carbonyl (C=O) groups excluding carboxylic acids is 1. The zero-order valence-corrected chi connectivity index (χ0v) is 21.2. The van der Waals surface area contributed by atoms with Crippen LogP contribution in [-0.2, 0) is 32.6 Å². The van der Waals surface area contributed by atoms with Gasteiger partial charge in [0.2, 0.25) is 10.0 Å². The highest BCUT2D eigenvalue weighted by atomic mass is 35.5. The van der Waals surface area contributed by atoms with Crippen molar-refractivity contribution in [2.45, 2.75) is 58.1 Å². The van der Waals surface area contributed by atoms with E-state index in [1.807, 2.05) is 37.6 Å². The molecule has 0 fully saturated rings. The Bertz CT molecular complexity index is 1160. The third-order valence-corrected chi connectivity index (χ3v) is 7.84. The maximum Gasteiger partial charge on any atom is 0.324 e. The van der Waals surface area contributed by atoms with Gasteiger partial charge < -0.3 is 14.6 Å². The molecule has 1 atom stereocenters. The molecule has 180 valence electrons. The maximum absolute atomic E-state index is 13.3. The van der Waals surface area contributed by atoms with Crippen molar-refractivity contribution in [2.24, 2.45) is 5.92 Å². The number of ether oxygens (including phenoxy) is 1. The van der Waals surface area contributed by atoms with Gasteiger partial charge in [0, 0.05) is 12.1 Å². The van der Waals surface area contributed by atoms with E-state index < -0.39 is 22.0 Å². The van der Waals surface area contributed by atoms with Crippen molar-refractivity contribution < 1.29 is 17.9 Å². The fourth-order valence-corrected chi connectivity index (χ4v) is 5.50. The molecule has 0 aliphatic carbocycles. The van der Waals surface area contributed by atoms with E-state index in [4.69, 9.17) is 16.3 Å². The number of hydrogen-bond donors (Lipinski definition) is 1. The first-order chi connectivity index (χ1) is 15.6. The lowest BCUT2D eigenvalue weighted by molar-refractivity contribution is -0.147. The highest BCUT2D eigenvalue weighted by Gasteiger charge is 2.34. The maximum atomic E-state index is 13.3. The van der Waals surface area contributed by atoms with Crippen molar-refractivity contribution in [3.8, 4) is 0 Å². The number of sulfonamides is 1. The van der Waals surface area contributed by atoms with Crippen LogP contribution in [0.25, 0.3) is 6.08 Å². The molecular weight excluding hydrogens is 464 g/mol. The molecule has 1 aliphatic heterocycles. The lowest BCUT2D eigenvalue weighted by Gasteiger charge is -2.27. The smallest absolute Gasteiger partial charge is 0.324 e. The summed E-state index contributed by atoms with van der Waals surface area (Å²) in [6.07, 6.45) is 4.20. The lowest BCUT2D eigenvalue weighted by atomic mass is 10.0. The van der Waals surface area contributed by atoms with Crippen LogP contribution in [0.15, 0.2) is 29.3 Å². The van der Waals surface area contributed by atoms with Gasteiger partial charge in [0.25, 0.3) is 0 Å². The van der Waals surface area contributed by atoms with Gasteiger partial charge in [-0.05, 0) is 56.2 Å². The molecule has 0 unspecified atom stereocenters. The van der Waals surface area contributed by atoms with Crippen molar-refractivity contribution in [1.29, 1.82) is 0 Å². The van der Waals surface area contributed by atoms with Crippen LogP contribution in [0.5, 0.6) is 0 Å². The zero-order chi connectivity index (χ0) is 24.3. The van der Waals surface area contributed by atoms with E-state index in [0.29, 0.717) is 24.5 Å². The molecule has 0 bridgehead atoms. The van der Waals surface area contributed by atoms with Gasteiger partial charge in [-0.15, -0.1) is 0 Å². The van der Waals surface area contributed by atoms with Crippen molar-refractivity contribution in [3.05, 3.63) is 52.2 Å². The second-order valence-electron chi connectivity index (χ2n) is 8.46. The summed E-state index contributed by atoms with van der Waals surface area (Å²) in [7, 11) is -2.56. The average molecular weight is 495 g/mol. The SMILES string of the molecule is CCOC(=O)[C@H](CC(C)C)N(C)S(=O)(=O)c1ccc(Cn2c(C)nc3c2C=CNC3)c(Cl)c1. The van der Waals surface area contributed by atoms with Crippen molar-refractivity contribution in [1.82, 2.24) is 19.2 Å². The Morgan fingerprint density at radius 2 is 2.09 bits per heavy atom. The first kappa shape index (κ1) is 25.3. The van der Waals surface area contributed by atoms with Crippen LogP contribution in [0.4, 0.5) is 0 Å². The van der Waals surface area contributed by atoms with Crippen molar-refractivity contribution in [3.63, 3.8) is 0 Å². The number of aromatic nitrogens is 2. The standard InChI is InChI=1S/C23H31ClN4O4S/c1-6-32-23(29)22(11-15(2)3)27(5)33(30,31)18-8-7-17(19(24)12-18)14-28-16(4)26-20-13-25-10-9-21(20)28/h7-10,12,15,22,25H,6,11,13-14H2,1-5H3/t22-/m0/s1. The quantitative estimate of drug-likeness (QED) is 0.536. The summed E-state index contributed by atoms with van der Waals surface area (Å²) < 4.78 is 34.9.